The topological polar surface area (TPSA) is 138 Å². The zero-order valence-electron chi connectivity index (χ0n) is 9.37. The minimum atomic E-state index is -1.98. The first-order valence-electron chi connectivity index (χ1n) is 4.38. The van der Waals surface area contributed by atoms with Gasteiger partial charge in [-0.05, 0) is 5.57 Å². The molecule has 0 aliphatic heterocycles. The molecule has 0 saturated heterocycles. The number of hydrogen-bond donors (Lipinski definition) is 4. The number of ketones is 1. The molecule has 0 rings (SSSR count). The van der Waals surface area contributed by atoms with Gasteiger partial charge in [0, 0.05) is 6.42 Å². The fraction of sp³-hybridized carbons (Fsp3) is 0.556. The third-order valence-electron chi connectivity index (χ3n) is 1.95. The van der Waals surface area contributed by atoms with Gasteiger partial charge < -0.3 is 30.3 Å². The van der Waals surface area contributed by atoms with Crippen molar-refractivity contribution in [3.8, 4) is 0 Å². The van der Waals surface area contributed by atoms with Crippen molar-refractivity contribution in [2.45, 2.75) is 24.7 Å². The fourth-order valence-electron chi connectivity index (χ4n) is 0.951. The molecular weight excluding hydrogens is 243 g/mol. The molecule has 0 spiro atoms. The molecule has 0 aromatic carbocycles. The summed E-state index contributed by atoms with van der Waals surface area (Å²) in [6, 6.07) is 0. The molecule has 0 radical (unpaired) electrons. The number of aliphatic hydroxyl groups excluding tert-OH is 4. The largest absolute Gasteiger partial charge is 1.00 e. The van der Waals surface area contributed by atoms with Gasteiger partial charge in [-0.15, -0.1) is 0 Å². The number of carbonyl (C=O) groups excluding carboxylic acids is 2. The predicted molar refractivity (Wildman–Crippen MR) is 48.9 cm³/mol. The first-order valence-corrected chi connectivity index (χ1v) is 4.38. The summed E-state index contributed by atoms with van der Waals surface area (Å²) in [5, 5.41) is 46.2. The molecule has 8 heteroatoms. The molecule has 0 amide bonds. The molecule has 7 nitrogen and oxygen atoms in total. The number of hydrogen-bond acceptors (Lipinski definition) is 7. The molecule has 1 unspecified atom stereocenters. The van der Waals surface area contributed by atoms with Gasteiger partial charge in [-0.1, -0.05) is 6.58 Å². The molecule has 17 heavy (non-hydrogen) atoms. The van der Waals surface area contributed by atoms with E-state index in [1.807, 2.05) is 0 Å². The molecule has 0 aliphatic rings. The molecule has 0 saturated carbocycles. The summed E-state index contributed by atoms with van der Waals surface area (Å²) >= 11 is 0. The molecule has 0 aromatic rings. The Morgan fingerprint density at radius 1 is 1.24 bits per heavy atom. The van der Waals surface area contributed by atoms with E-state index in [0.717, 1.165) is 0 Å². The third-order valence-corrected chi connectivity index (χ3v) is 1.95. The van der Waals surface area contributed by atoms with Crippen molar-refractivity contribution in [2.75, 3.05) is 6.61 Å². The van der Waals surface area contributed by atoms with Crippen LogP contribution in [0.5, 0.6) is 0 Å². The zero-order valence-corrected chi connectivity index (χ0v) is 11.4. The molecule has 0 heterocycles. The summed E-state index contributed by atoms with van der Waals surface area (Å²) in [7, 11) is 0. The maximum absolute atomic E-state index is 10.8. The quantitative estimate of drug-likeness (QED) is 0.262. The van der Waals surface area contributed by atoms with E-state index in [2.05, 4.69) is 6.58 Å². The van der Waals surface area contributed by atoms with Gasteiger partial charge in [0.25, 0.3) is 0 Å². The maximum Gasteiger partial charge on any atom is 1.00 e. The first-order chi connectivity index (χ1) is 7.31. The van der Waals surface area contributed by atoms with Gasteiger partial charge in [-0.25, -0.2) is 0 Å². The minimum absolute atomic E-state index is 0. The average Bonchev–Trinajstić information content (AvgIpc) is 2.25. The molecule has 4 N–H and O–H groups in total. The second kappa shape index (κ2) is 8.76. The van der Waals surface area contributed by atoms with Gasteiger partial charge in [0.2, 0.25) is 0 Å². The van der Waals surface area contributed by atoms with Crippen LogP contribution >= 0.6 is 0 Å². The van der Waals surface area contributed by atoms with Crippen molar-refractivity contribution in [1.29, 1.82) is 0 Å². The number of aliphatic hydroxyl groups is 4. The Labute approximate surface area is 120 Å². The van der Waals surface area contributed by atoms with Crippen LogP contribution in [0.15, 0.2) is 12.2 Å². The van der Waals surface area contributed by atoms with Crippen LogP contribution in [-0.2, 0) is 9.59 Å². The standard InChI is InChI=1S/C9H14O7.Na/c1-4(9(15)16)2-5(11)7(13)8(14)6(12)3-10;/h5,7-8,10-11,13-14H,1-3H2,(H,15,16);/q;+1/p-1/t5?,7-,8-;/m1./s1. The summed E-state index contributed by atoms with van der Waals surface area (Å²) < 4.78 is 0. The van der Waals surface area contributed by atoms with Gasteiger partial charge in [0.1, 0.15) is 18.8 Å². The number of Topliss-reactive ketones (excluding diaryl/α,β-unsaturated/α-hetero) is 1. The third kappa shape index (κ3) is 6.27. The Morgan fingerprint density at radius 2 is 1.71 bits per heavy atom. The summed E-state index contributed by atoms with van der Waals surface area (Å²) in [6.45, 7) is 2.06. The van der Waals surface area contributed by atoms with Gasteiger partial charge in [-0.3, -0.25) is 4.79 Å². The molecular formula is C9H13NaO7. The SMILES string of the molecule is C=C(CC(O)[C@@H](O)[C@H](O)C(=O)CO)C(=O)[O-].[Na+]. The molecule has 0 aromatic heterocycles. The number of carboxylic acids is 1. The van der Waals surface area contributed by atoms with E-state index in [1.54, 1.807) is 0 Å². The van der Waals surface area contributed by atoms with Crippen LogP contribution in [0.4, 0.5) is 0 Å². The number of aliphatic carboxylic acids is 1. The number of carboxylic acid groups (broad SMARTS) is 1. The van der Waals surface area contributed by atoms with Crippen molar-refractivity contribution >= 4 is 11.8 Å². The molecule has 92 valence electrons. The minimum Gasteiger partial charge on any atom is -0.545 e. The van der Waals surface area contributed by atoms with Crippen molar-refractivity contribution in [3.05, 3.63) is 12.2 Å². The first kappa shape index (κ1) is 19.1. The van der Waals surface area contributed by atoms with Crippen molar-refractivity contribution in [3.63, 3.8) is 0 Å². The summed E-state index contributed by atoms with van der Waals surface area (Å²) in [6.07, 6.45) is -6.11. The van der Waals surface area contributed by atoms with Gasteiger partial charge in [0.15, 0.2) is 5.78 Å². The van der Waals surface area contributed by atoms with E-state index < -0.39 is 48.7 Å². The van der Waals surface area contributed by atoms with E-state index in [4.69, 9.17) is 10.2 Å². The summed E-state index contributed by atoms with van der Waals surface area (Å²) in [4.78, 5) is 21.0. The normalized spacial score (nSPS) is 15.3. The Bertz CT molecular complexity index is 291. The fourth-order valence-corrected chi connectivity index (χ4v) is 0.951. The Hall–Kier alpha value is -0.280. The van der Waals surface area contributed by atoms with E-state index >= 15 is 0 Å². The van der Waals surface area contributed by atoms with E-state index in [9.17, 15) is 24.9 Å². The summed E-state index contributed by atoms with van der Waals surface area (Å²) in [5.74, 6) is -2.68. The molecule has 0 fully saturated rings. The molecule has 0 bridgehead atoms. The van der Waals surface area contributed by atoms with Crippen LogP contribution in [0.1, 0.15) is 6.42 Å². The van der Waals surface area contributed by atoms with Crippen LogP contribution < -0.4 is 34.7 Å². The van der Waals surface area contributed by atoms with Crippen LogP contribution in [0.2, 0.25) is 0 Å². The van der Waals surface area contributed by atoms with Crippen LogP contribution in [0.3, 0.4) is 0 Å². The molecule has 3 atom stereocenters. The van der Waals surface area contributed by atoms with Crippen molar-refractivity contribution < 1.29 is 64.7 Å². The van der Waals surface area contributed by atoms with Crippen LogP contribution in [0, 0.1) is 0 Å². The second-order valence-corrected chi connectivity index (χ2v) is 3.22. The van der Waals surface area contributed by atoms with Crippen LogP contribution in [0.25, 0.3) is 0 Å². The van der Waals surface area contributed by atoms with Gasteiger partial charge in [-0.2, -0.15) is 0 Å². The van der Waals surface area contributed by atoms with E-state index in [-0.39, 0.29) is 29.6 Å². The second-order valence-electron chi connectivity index (χ2n) is 3.22. The maximum atomic E-state index is 10.8. The number of rotatable bonds is 7. The smallest absolute Gasteiger partial charge is 0.545 e. The Morgan fingerprint density at radius 3 is 2.06 bits per heavy atom. The van der Waals surface area contributed by atoms with E-state index in [0.29, 0.717) is 0 Å². The predicted octanol–water partition coefficient (Wildman–Crippen LogP) is -6.67. The van der Waals surface area contributed by atoms with Crippen molar-refractivity contribution in [2.24, 2.45) is 0 Å². The van der Waals surface area contributed by atoms with Gasteiger partial charge in [0.05, 0.1) is 12.1 Å². The van der Waals surface area contributed by atoms with Crippen molar-refractivity contribution in [1.82, 2.24) is 0 Å². The summed E-state index contributed by atoms with van der Waals surface area (Å²) in [5.41, 5.74) is -0.477. The van der Waals surface area contributed by atoms with E-state index in [1.165, 1.54) is 0 Å². The average molecular weight is 256 g/mol. The number of carbonyl (C=O) groups is 2. The molecule has 0 aliphatic carbocycles. The Kier molecular flexibility index (Phi) is 9.82. The zero-order chi connectivity index (χ0) is 12.9. The monoisotopic (exact) mass is 256 g/mol. The Balaban J connectivity index is 0. The van der Waals surface area contributed by atoms with Crippen LogP contribution in [-0.4, -0.2) is 57.1 Å². The van der Waals surface area contributed by atoms with Gasteiger partial charge >= 0.3 is 29.6 Å².